The molecule has 26 heavy (non-hydrogen) atoms. The number of rotatable bonds is 4. The Hall–Kier alpha value is -1.26. The van der Waals surface area contributed by atoms with Crippen LogP contribution in [0.1, 0.15) is 36.9 Å². The van der Waals surface area contributed by atoms with Crippen molar-refractivity contribution in [2.75, 3.05) is 6.54 Å². The summed E-state index contributed by atoms with van der Waals surface area (Å²) in [5, 5.41) is 7.97. The molecule has 1 heterocycles. The Kier molecular flexibility index (Phi) is 7.78. The lowest BCUT2D eigenvalue weighted by molar-refractivity contribution is -0.126. The van der Waals surface area contributed by atoms with Gasteiger partial charge in [-0.2, -0.15) is 0 Å². The van der Waals surface area contributed by atoms with Gasteiger partial charge in [0.05, 0.1) is 6.04 Å². The third-order valence-corrected chi connectivity index (χ3v) is 5.19. The molecule has 2 aromatic rings. The minimum Gasteiger partial charge on any atom is -0.345 e. The predicted octanol–water partition coefficient (Wildman–Crippen LogP) is 5.01. The number of hydrogen-bond acceptors (Lipinski definition) is 2. The molecule has 0 unspecified atom stereocenters. The first-order chi connectivity index (χ1) is 12.0. The molecule has 1 amide bonds. The number of carbonyl (C=O) groups excluding carboxylic acids is 1. The van der Waals surface area contributed by atoms with Gasteiger partial charge in [-0.3, -0.25) is 4.79 Å². The Morgan fingerprint density at radius 2 is 1.54 bits per heavy atom. The normalized spacial score (nSPS) is 19.7. The number of amides is 1. The van der Waals surface area contributed by atoms with Gasteiger partial charge in [0.2, 0.25) is 5.91 Å². The predicted molar refractivity (Wildman–Crippen MR) is 110 cm³/mol. The molecule has 0 aliphatic carbocycles. The lowest BCUT2D eigenvalue weighted by Gasteiger charge is -2.29. The first kappa shape index (κ1) is 21.0. The molecule has 6 heteroatoms. The quantitative estimate of drug-likeness (QED) is 0.740. The van der Waals surface area contributed by atoms with E-state index in [0.717, 1.165) is 30.5 Å². The molecule has 1 aliphatic heterocycles. The lowest BCUT2D eigenvalue weighted by atomic mass is 9.91. The lowest BCUT2D eigenvalue weighted by Crippen LogP contribution is -2.43. The molecule has 3 nitrogen and oxygen atoms in total. The van der Waals surface area contributed by atoms with Gasteiger partial charge in [-0.25, -0.2) is 0 Å². The van der Waals surface area contributed by atoms with Crippen LogP contribution in [0.3, 0.4) is 0 Å². The van der Waals surface area contributed by atoms with E-state index in [2.05, 4.69) is 17.6 Å². The van der Waals surface area contributed by atoms with Crippen LogP contribution in [0.4, 0.5) is 0 Å². The van der Waals surface area contributed by atoms with Crippen molar-refractivity contribution in [3.05, 3.63) is 69.7 Å². The number of nitrogens with one attached hydrogen (secondary N) is 2. The second-order valence-corrected chi connectivity index (χ2v) is 7.49. The fourth-order valence-corrected chi connectivity index (χ4v) is 3.55. The number of benzene rings is 2. The molecule has 2 atom stereocenters. The topological polar surface area (TPSA) is 41.1 Å². The molecule has 3 rings (SSSR count). The Morgan fingerprint density at radius 1 is 1.04 bits per heavy atom. The van der Waals surface area contributed by atoms with E-state index in [-0.39, 0.29) is 30.3 Å². The largest absolute Gasteiger partial charge is 0.345 e. The number of halogens is 3. The van der Waals surface area contributed by atoms with Crippen LogP contribution in [-0.2, 0) is 4.79 Å². The van der Waals surface area contributed by atoms with Crippen LogP contribution in [-0.4, -0.2) is 18.5 Å². The van der Waals surface area contributed by atoms with Crippen LogP contribution in [0.2, 0.25) is 10.0 Å². The number of piperidine rings is 1. The minimum atomic E-state index is -0.216. The van der Waals surface area contributed by atoms with Gasteiger partial charge in [-0.05, 0) is 61.7 Å². The fourth-order valence-electron chi connectivity index (χ4n) is 3.30. The highest BCUT2D eigenvalue weighted by Crippen LogP contribution is 2.26. The first-order valence-corrected chi connectivity index (χ1v) is 9.33. The fraction of sp³-hybridized carbons (Fsp3) is 0.350. The molecule has 0 saturated carbocycles. The summed E-state index contributed by atoms with van der Waals surface area (Å²) < 4.78 is 0. The van der Waals surface area contributed by atoms with Gasteiger partial charge in [0, 0.05) is 22.0 Å². The Bertz CT molecular complexity index is 673. The Morgan fingerprint density at radius 3 is 2.00 bits per heavy atom. The third-order valence-electron chi connectivity index (χ3n) is 4.69. The summed E-state index contributed by atoms with van der Waals surface area (Å²) in [6.45, 7) is 3.00. The molecular weight excluding hydrogens is 391 g/mol. The summed E-state index contributed by atoms with van der Waals surface area (Å²) in [7, 11) is 0. The van der Waals surface area contributed by atoms with Gasteiger partial charge in [0.15, 0.2) is 0 Å². The Labute approximate surface area is 170 Å². The van der Waals surface area contributed by atoms with Crippen LogP contribution in [0.25, 0.3) is 0 Å². The van der Waals surface area contributed by atoms with Crippen molar-refractivity contribution in [3.8, 4) is 0 Å². The van der Waals surface area contributed by atoms with Crippen molar-refractivity contribution in [1.29, 1.82) is 0 Å². The molecular formula is C20H23Cl3N2O. The van der Waals surface area contributed by atoms with E-state index in [4.69, 9.17) is 23.2 Å². The maximum absolute atomic E-state index is 12.8. The molecule has 1 aliphatic rings. The molecule has 0 aromatic heterocycles. The zero-order chi connectivity index (χ0) is 17.8. The van der Waals surface area contributed by atoms with E-state index < -0.39 is 0 Å². The van der Waals surface area contributed by atoms with E-state index in [9.17, 15) is 4.79 Å². The Balaban J connectivity index is 0.00000243. The van der Waals surface area contributed by atoms with Crippen LogP contribution in [0, 0.1) is 5.92 Å². The molecule has 0 bridgehead atoms. The highest BCUT2D eigenvalue weighted by atomic mass is 35.5. The van der Waals surface area contributed by atoms with Gasteiger partial charge < -0.3 is 10.6 Å². The monoisotopic (exact) mass is 412 g/mol. The summed E-state index contributed by atoms with van der Waals surface area (Å²) in [5.74, 6) is 0.140. The maximum Gasteiger partial charge on any atom is 0.223 e. The second-order valence-electron chi connectivity index (χ2n) is 6.62. The highest BCUT2D eigenvalue weighted by Gasteiger charge is 2.27. The maximum atomic E-state index is 12.8. The smallest absolute Gasteiger partial charge is 0.223 e. The summed E-state index contributed by atoms with van der Waals surface area (Å²) in [6.07, 6.45) is 1.73. The van der Waals surface area contributed by atoms with Gasteiger partial charge in [-0.1, -0.05) is 47.5 Å². The number of hydrogen-bond donors (Lipinski definition) is 2. The van der Waals surface area contributed by atoms with Crippen molar-refractivity contribution >= 4 is 41.5 Å². The van der Waals surface area contributed by atoms with Crippen molar-refractivity contribution in [2.24, 2.45) is 5.92 Å². The average Bonchev–Trinajstić information content (AvgIpc) is 2.61. The van der Waals surface area contributed by atoms with E-state index >= 15 is 0 Å². The van der Waals surface area contributed by atoms with Gasteiger partial charge in [-0.15, -0.1) is 12.4 Å². The van der Waals surface area contributed by atoms with Crippen molar-refractivity contribution in [3.63, 3.8) is 0 Å². The van der Waals surface area contributed by atoms with Gasteiger partial charge in [0.25, 0.3) is 0 Å². The molecule has 140 valence electrons. The second kappa shape index (κ2) is 9.61. The molecule has 1 fully saturated rings. The summed E-state index contributed by atoms with van der Waals surface area (Å²) in [4.78, 5) is 12.8. The van der Waals surface area contributed by atoms with Gasteiger partial charge >= 0.3 is 0 Å². The van der Waals surface area contributed by atoms with Crippen LogP contribution in [0.15, 0.2) is 48.5 Å². The zero-order valence-electron chi connectivity index (χ0n) is 14.5. The van der Waals surface area contributed by atoms with Crippen LogP contribution < -0.4 is 10.6 Å². The minimum absolute atomic E-state index is 0. The number of carbonyl (C=O) groups is 1. The summed E-state index contributed by atoms with van der Waals surface area (Å²) in [5.41, 5.74) is 2.00. The van der Waals surface area contributed by atoms with Crippen molar-refractivity contribution in [1.82, 2.24) is 10.6 Å². The third kappa shape index (κ3) is 5.37. The summed E-state index contributed by atoms with van der Waals surface area (Å²) in [6, 6.07) is 15.3. The molecule has 2 aromatic carbocycles. The SMILES string of the molecule is C[C@H]1C[C@@H](C(=O)NC(c2ccc(Cl)cc2)c2ccc(Cl)cc2)CCN1.Cl. The summed E-state index contributed by atoms with van der Waals surface area (Å²) >= 11 is 12.0. The van der Waals surface area contributed by atoms with E-state index in [1.807, 2.05) is 48.5 Å². The van der Waals surface area contributed by atoms with E-state index in [1.165, 1.54) is 0 Å². The van der Waals surface area contributed by atoms with Crippen molar-refractivity contribution < 1.29 is 4.79 Å². The van der Waals surface area contributed by atoms with Crippen molar-refractivity contribution in [2.45, 2.75) is 31.8 Å². The molecule has 2 N–H and O–H groups in total. The zero-order valence-corrected chi connectivity index (χ0v) is 16.9. The van der Waals surface area contributed by atoms with Crippen LogP contribution >= 0.6 is 35.6 Å². The molecule has 1 saturated heterocycles. The van der Waals surface area contributed by atoms with E-state index in [1.54, 1.807) is 0 Å². The molecule has 0 radical (unpaired) electrons. The van der Waals surface area contributed by atoms with E-state index in [0.29, 0.717) is 16.1 Å². The first-order valence-electron chi connectivity index (χ1n) is 8.57. The average molecular weight is 414 g/mol. The standard InChI is InChI=1S/C20H22Cl2N2O.ClH/c1-13-12-16(10-11-23-13)20(25)24-19(14-2-6-17(21)7-3-14)15-4-8-18(22)9-5-15;/h2-9,13,16,19,23H,10-12H2,1H3,(H,24,25);1H/t13-,16-;/m0./s1. The molecule has 0 spiro atoms. The highest BCUT2D eigenvalue weighted by molar-refractivity contribution is 6.30. The van der Waals surface area contributed by atoms with Gasteiger partial charge in [0.1, 0.15) is 0 Å². The van der Waals surface area contributed by atoms with Crippen LogP contribution in [0.5, 0.6) is 0 Å².